The van der Waals surface area contributed by atoms with Crippen LogP contribution < -0.4 is 10.0 Å². The molecule has 0 aliphatic rings. The van der Waals surface area contributed by atoms with Crippen LogP contribution in [0, 0.1) is 0 Å². The van der Waals surface area contributed by atoms with Gasteiger partial charge < -0.3 is 10.1 Å². The first-order valence-electron chi connectivity index (χ1n) is 6.62. The highest BCUT2D eigenvalue weighted by molar-refractivity contribution is 7.90. The van der Waals surface area contributed by atoms with Gasteiger partial charge in [0.25, 0.3) is 15.9 Å². The van der Waals surface area contributed by atoms with E-state index in [0.717, 1.165) is 0 Å². The zero-order valence-corrected chi connectivity index (χ0v) is 13.7. The Morgan fingerprint density at radius 1 is 1.14 bits per heavy atom. The number of hydrogen-bond acceptors (Lipinski definition) is 5. The van der Waals surface area contributed by atoms with E-state index in [9.17, 15) is 18.0 Å². The van der Waals surface area contributed by atoms with Gasteiger partial charge in [-0.05, 0) is 39.8 Å². The van der Waals surface area contributed by atoms with Gasteiger partial charge in [0.05, 0.1) is 4.90 Å². The van der Waals surface area contributed by atoms with Gasteiger partial charge in [-0.15, -0.1) is 0 Å². The van der Waals surface area contributed by atoms with Crippen molar-refractivity contribution in [2.24, 2.45) is 0 Å². The quantitative estimate of drug-likeness (QED) is 0.870. The van der Waals surface area contributed by atoms with Gasteiger partial charge >= 0.3 is 6.09 Å². The summed E-state index contributed by atoms with van der Waals surface area (Å²) >= 11 is 0. The van der Waals surface area contributed by atoms with E-state index in [1.54, 1.807) is 39.0 Å². The van der Waals surface area contributed by atoms with Crippen LogP contribution >= 0.6 is 0 Å². The minimum Gasteiger partial charge on any atom is -0.444 e. The summed E-state index contributed by atoms with van der Waals surface area (Å²) in [6.07, 6.45) is -0.799. The monoisotopic (exact) mass is 328 g/mol. The van der Waals surface area contributed by atoms with Crippen LogP contribution in [0.3, 0.4) is 0 Å². The fourth-order valence-corrected chi connectivity index (χ4v) is 2.50. The highest BCUT2D eigenvalue weighted by Gasteiger charge is 2.24. The number of nitrogens with one attached hydrogen (secondary N) is 2. The highest BCUT2D eigenvalue weighted by Crippen LogP contribution is 2.08. The average molecular weight is 328 g/mol. The Morgan fingerprint density at radius 2 is 1.68 bits per heavy atom. The molecule has 1 atom stereocenters. The van der Waals surface area contributed by atoms with Crippen LogP contribution in [-0.4, -0.2) is 32.1 Å². The standard InChI is InChI=1S/C14H20N2O5S/c1-10(15-13(18)21-14(2,3)4)12(17)16-22(19,20)11-8-6-5-7-9-11/h5-10H,1-4H3,(H,15,18)(H,16,17)/t10-/m0/s1. The van der Waals surface area contributed by atoms with Crippen molar-refractivity contribution in [2.75, 3.05) is 0 Å². The Hall–Kier alpha value is -2.09. The Bertz CT molecular complexity index is 635. The van der Waals surface area contributed by atoms with E-state index in [0.29, 0.717) is 0 Å². The predicted molar refractivity (Wildman–Crippen MR) is 80.6 cm³/mol. The van der Waals surface area contributed by atoms with Crippen molar-refractivity contribution in [3.63, 3.8) is 0 Å². The number of benzene rings is 1. The molecule has 0 radical (unpaired) electrons. The van der Waals surface area contributed by atoms with Gasteiger partial charge in [-0.3, -0.25) is 4.79 Å². The number of carbonyl (C=O) groups is 2. The summed E-state index contributed by atoms with van der Waals surface area (Å²) in [5.41, 5.74) is -0.712. The van der Waals surface area contributed by atoms with E-state index < -0.39 is 33.7 Å². The molecule has 0 fully saturated rings. The molecule has 2 amide bonds. The number of rotatable bonds is 4. The molecular weight excluding hydrogens is 308 g/mol. The number of hydrogen-bond donors (Lipinski definition) is 2. The van der Waals surface area contributed by atoms with Gasteiger partial charge in [-0.25, -0.2) is 17.9 Å². The molecule has 2 N–H and O–H groups in total. The zero-order chi connectivity index (χ0) is 17.0. The van der Waals surface area contributed by atoms with Crippen LogP contribution in [0.15, 0.2) is 35.2 Å². The first-order valence-corrected chi connectivity index (χ1v) is 8.11. The fourth-order valence-electron chi connectivity index (χ4n) is 1.43. The molecule has 1 aromatic carbocycles. The van der Waals surface area contributed by atoms with Gasteiger partial charge in [0.2, 0.25) is 0 Å². The van der Waals surface area contributed by atoms with Crippen molar-refractivity contribution in [2.45, 2.75) is 44.2 Å². The van der Waals surface area contributed by atoms with Crippen molar-refractivity contribution >= 4 is 22.0 Å². The average Bonchev–Trinajstić information content (AvgIpc) is 2.36. The van der Waals surface area contributed by atoms with E-state index in [-0.39, 0.29) is 4.90 Å². The van der Waals surface area contributed by atoms with Crippen molar-refractivity contribution in [3.05, 3.63) is 30.3 Å². The summed E-state index contributed by atoms with van der Waals surface area (Å²) in [5, 5.41) is 2.27. The molecule has 0 aliphatic heterocycles. The molecule has 8 heteroatoms. The van der Waals surface area contributed by atoms with Gasteiger partial charge in [0.15, 0.2) is 0 Å². The molecule has 0 unspecified atom stereocenters. The third-order valence-electron chi connectivity index (χ3n) is 2.41. The number of sulfonamides is 1. The maximum atomic E-state index is 12.0. The van der Waals surface area contributed by atoms with Crippen LogP contribution in [0.4, 0.5) is 4.79 Å². The van der Waals surface area contributed by atoms with Gasteiger partial charge in [0, 0.05) is 0 Å². The molecule has 1 rings (SSSR count). The lowest BCUT2D eigenvalue weighted by Crippen LogP contribution is -2.47. The summed E-state index contributed by atoms with van der Waals surface area (Å²) < 4.78 is 30.9. The Morgan fingerprint density at radius 3 is 2.18 bits per heavy atom. The number of ether oxygens (including phenoxy) is 1. The molecule has 0 spiro atoms. The summed E-state index contributed by atoms with van der Waals surface area (Å²) in [7, 11) is -3.97. The molecule has 22 heavy (non-hydrogen) atoms. The van der Waals surface area contributed by atoms with Crippen LogP contribution in [0.5, 0.6) is 0 Å². The van der Waals surface area contributed by atoms with Crippen LogP contribution in [0.1, 0.15) is 27.7 Å². The summed E-state index contributed by atoms with van der Waals surface area (Å²) in [5.74, 6) is -0.852. The largest absolute Gasteiger partial charge is 0.444 e. The predicted octanol–water partition coefficient (Wildman–Crippen LogP) is 1.40. The van der Waals surface area contributed by atoms with Crippen molar-refractivity contribution in [3.8, 4) is 0 Å². The van der Waals surface area contributed by atoms with Crippen molar-refractivity contribution < 1.29 is 22.7 Å². The second-order valence-corrected chi connectivity index (χ2v) is 7.33. The van der Waals surface area contributed by atoms with Gasteiger partial charge in [-0.2, -0.15) is 0 Å². The molecule has 122 valence electrons. The smallest absolute Gasteiger partial charge is 0.408 e. The third kappa shape index (κ3) is 5.72. The minimum absolute atomic E-state index is 0.0344. The van der Waals surface area contributed by atoms with Gasteiger partial charge in [0.1, 0.15) is 11.6 Å². The molecule has 0 saturated heterocycles. The van der Waals surface area contributed by atoms with E-state index in [2.05, 4.69) is 5.32 Å². The Balaban J connectivity index is 2.67. The maximum Gasteiger partial charge on any atom is 0.408 e. The van der Waals surface area contributed by atoms with Crippen molar-refractivity contribution in [1.82, 2.24) is 10.0 Å². The van der Waals surface area contributed by atoms with Crippen LogP contribution in [-0.2, 0) is 19.6 Å². The Labute approximate surface area is 130 Å². The number of amides is 2. The molecule has 0 aliphatic carbocycles. The SMILES string of the molecule is C[C@H](NC(=O)OC(C)(C)C)C(=O)NS(=O)(=O)c1ccccc1. The lowest BCUT2D eigenvalue weighted by Gasteiger charge is -2.21. The molecule has 0 bridgehead atoms. The molecule has 0 heterocycles. The van der Waals surface area contributed by atoms with Crippen molar-refractivity contribution in [1.29, 1.82) is 0 Å². The lowest BCUT2D eigenvalue weighted by atomic mass is 10.2. The first-order chi connectivity index (χ1) is 10.0. The lowest BCUT2D eigenvalue weighted by molar-refractivity contribution is -0.121. The molecule has 7 nitrogen and oxygen atoms in total. The molecule has 1 aromatic rings. The van der Waals surface area contributed by atoms with E-state index >= 15 is 0 Å². The summed E-state index contributed by atoms with van der Waals surface area (Å²) in [6.45, 7) is 6.39. The van der Waals surface area contributed by atoms with E-state index in [1.165, 1.54) is 19.1 Å². The highest BCUT2D eigenvalue weighted by atomic mass is 32.2. The van der Waals surface area contributed by atoms with E-state index in [1.807, 2.05) is 4.72 Å². The van der Waals surface area contributed by atoms with Crippen LogP contribution in [0.2, 0.25) is 0 Å². The second-order valence-electron chi connectivity index (χ2n) is 5.65. The summed E-state index contributed by atoms with van der Waals surface area (Å²) in [6, 6.07) is 6.41. The van der Waals surface area contributed by atoms with Gasteiger partial charge in [-0.1, -0.05) is 18.2 Å². The molecular formula is C14H20N2O5S. The summed E-state index contributed by atoms with van der Waals surface area (Å²) in [4.78, 5) is 23.4. The second kappa shape index (κ2) is 6.78. The third-order valence-corrected chi connectivity index (χ3v) is 3.78. The normalized spacial score (nSPS) is 13.1. The van der Waals surface area contributed by atoms with Crippen LogP contribution in [0.25, 0.3) is 0 Å². The molecule has 0 aromatic heterocycles. The zero-order valence-electron chi connectivity index (χ0n) is 12.9. The minimum atomic E-state index is -3.97. The first kappa shape index (κ1) is 18.0. The molecule has 0 saturated carbocycles. The number of carbonyl (C=O) groups excluding carboxylic acids is 2. The fraction of sp³-hybridized carbons (Fsp3) is 0.429. The topological polar surface area (TPSA) is 102 Å². The Kier molecular flexibility index (Phi) is 5.54. The number of alkyl carbamates (subject to hydrolysis) is 1. The maximum absolute atomic E-state index is 12.0. The van der Waals surface area contributed by atoms with E-state index in [4.69, 9.17) is 4.74 Å².